The third kappa shape index (κ3) is 3.30. The monoisotopic (exact) mass is 432 g/mol. The van der Waals surface area contributed by atoms with Gasteiger partial charge < -0.3 is 4.57 Å². The molecule has 9 heteroatoms. The van der Waals surface area contributed by atoms with Crippen LogP contribution in [0.5, 0.6) is 0 Å². The minimum Gasteiger partial charge on any atom is -0.344 e. The van der Waals surface area contributed by atoms with E-state index in [2.05, 4.69) is 0 Å². The molecular weight excluding hydrogens is 417 g/mol. The molecule has 0 spiro atoms. The molecule has 0 saturated carbocycles. The Balaban J connectivity index is 1.74. The fourth-order valence-corrected chi connectivity index (χ4v) is 4.68. The second-order valence-electron chi connectivity index (χ2n) is 6.74. The summed E-state index contributed by atoms with van der Waals surface area (Å²) in [6, 6.07) is 15.8. The van der Waals surface area contributed by atoms with Crippen LogP contribution in [0.3, 0.4) is 0 Å². The molecule has 0 aliphatic heterocycles. The van der Waals surface area contributed by atoms with E-state index in [4.69, 9.17) is 0 Å². The summed E-state index contributed by atoms with van der Waals surface area (Å²) in [6.45, 7) is 0. The first-order chi connectivity index (χ1) is 14.1. The fraction of sp³-hybridized carbons (Fsp3) is 0.0952. The van der Waals surface area contributed by atoms with Gasteiger partial charge in [-0.05, 0) is 36.4 Å². The van der Waals surface area contributed by atoms with Gasteiger partial charge in [-0.1, -0.05) is 30.3 Å². The Morgan fingerprint density at radius 2 is 1.53 bits per heavy atom. The highest BCUT2D eigenvalue weighted by Gasteiger charge is 2.37. The number of amides is 1. The molecule has 0 aliphatic rings. The highest BCUT2D eigenvalue weighted by Crippen LogP contribution is 2.34. The van der Waals surface area contributed by atoms with E-state index in [1.165, 1.54) is 12.1 Å². The molecule has 154 valence electrons. The van der Waals surface area contributed by atoms with Crippen LogP contribution in [0.2, 0.25) is 0 Å². The van der Waals surface area contributed by atoms with Crippen molar-refractivity contribution < 1.29 is 26.4 Å². The van der Waals surface area contributed by atoms with E-state index >= 15 is 0 Å². The second kappa shape index (κ2) is 6.88. The van der Waals surface area contributed by atoms with Crippen LogP contribution in [-0.2, 0) is 23.2 Å². The molecule has 1 amide bonds. The Morgan fingerprint density at radius 1 is 0.900 bits per heavy atom. The zero-order chi connectivity index (χ0) is 21.7. The van der Waals surface area contributed by atoms with Crippen LogP contribution in [0.25, 0.3) is 21.8 Å². The van der Waals surface area contributed by atoms with Crippen molar-refractivity contribution >= 4 is 37.7 Å². The molecule has 30 heavy (non-hydrogen) atoms. The molecule has 0 bridgehead atoms. The minimum atomic E-state index is -4.88. The molecule has 0 fully saturated rings. The molecule has 1 aromatic heterocycles. The SMILES string of the molecule is Cn1c2ccccc2c2cc(C(=O)NS(=O)(=O)c3ccccc3C(F)(F)F)ccc21. The summed E-state index contributed by atoms with van der Waals surface area (Å²) in [5, 5.41) is 1.60. The van der Waals surface area contributed by atoms with Gasteiger partial charge in [0.2, 0.25) is 0 Å². The largest absolute Gasteiger partial charge is 0.417 e. The van der Waals surface area contributed by atoms with Crippen LogP contribution in [0.4, 0.5) is 13.2 Å². The summed E-state index contributed by atoms with van der Waals surface area (Å²) in [7, 11) is -2.87. The van der Waals surface area contributed by atoms with Crippen LogP contribution < -0.4 is 4.72 Å². The number of hydrogen-bond donors (Lipinski definition) is 1. The number of carbonyl (C=O) groups excluding carboxylic acids is 1. The maximum absolute atomic E-state index is 13.2. The number of rotatable bonds is 3. The molecule has 0 radical (unpaired) electrons. The molecule has 0 aliphatic carbocycles. The third-order valence-corrected chi connectivity index (χ3v) is 6.27. The second-order valence-corrected chi connectivity index (χ2v) is 8.39. The first-order valence-electron chi connectivity index (χ1n) is 8.80. The lowest BCUT2D eigenvalue weighted by Crippen LogP contribution is -2.32. The lowest BCUT2D eigenvalue weighted by molar-refractivity contribution is -0.139. The standard InChI is InChI=1S/C21H15F3N2O3S/c1-26-17-8-4-2-6-14(17)15-12-13(10-11-18(15)26)20(27)25-30(28,29)19-9-5-3-7-16(19)21(22,23)24/h2-12H,1H3,(H,25,27). The molecule has 4 rings (SSSR count). The van der Waals surface area contributed by atoms with E-state index in [0.717, 1.165) is 40.0 Å². The van der Waals surface area contributed by atoms with Crippen LogP contribution in [0.15, 0.2) is 71.6 Å². The van der Waals surface area contributed by atoms with E-state index in [-0.39, 0.29) is 5.56 Å². The van der Waals surface area contributed by atoms with Crippen LogP contribution in [-0.4, -0.2) is 18.9 Å². The van der Waals surface area contributed by atoms with Gasteiger partial charge >= 0.3 is 6.18 Å². The van der Waals surface area contributed by atoms with Crippen molar-refractivity contribution in [2.24, 2.45) is 7.05 Å². The van der Waals surface area contributed by atoms with Gasteiger partial charge in [-0.15, -0.1) is 0 Å². The Labute approximate surface area is 169 Å². The summed E-state index contributed by atoms with van der Waals surface area (Å²) in [4.78, 5) is 11.6. The van der Waals surface area contributed by atoms with Gasteiger partial charge in [0.1, 0.15) is 0 Å². The summed E-state index contributed by atoms with van der Waals surface area (Å²) in [6.07, 6.45) is -4.88. The maximum atomic E-state index is 13.2. The smallest absolute Gasteiger partial charge is 0.344 e. The number of benzene rings is 3. The number of fused-ring (bicyclic) bond motifs is 3. The number of aryl methyl sites for hydroxylation is 1. The van der Waals surface area contributed by atoms with E-state index in [0.29, 0.717) is 6.07 Å². The van der Waals surface area contributed by atoms with Crippen molar-refractivity contribution in [2.45, 2.75) is 11.1 Å². The number of nitrogens with zero attached hydrogens (tertiary/aromatic N) is 1. The van der Waals surface area contributed by atoms with Crippen molar-refractivity contribution in [1.82, 2.24) is 9.29 Å². The zero-order valence-corrected chi connectivity index (χ0v) is 16.4. The van der Waals surface area contributed by atoms with Gasteiger partial charge in [-0.3, -0.25) is 4.79 Å². The molecule has 1 N–H and O–H groups in total. The van der Waals surface area contributed by atoms with E-state index in [1.54, 1.807) is 10.8 Å². The number of sulfonamides is 1. The first kappa shape index (κ1) is 20.0. The van der Waals surface area contributed by atoms with Crippen LogP contribution in [0, 0.1) is 0 Å². The molecular formula is C21H15F3N2O3S. The van der Waals surface area contributed by atoms with Crippen molar-refractivity contribution in [3.8, 4) is 0 Å². The Hall–Kier alpha value is -3.33. The Morgan fingerprint density at radius 3 is 2.27 bits per heavy atom. The molecule has 1 heterocycles. The maximum Gasteiger partial charge on any atom is 0.417 e. The average Bonchev–Trinajstić information content (AvgIpc) is 2.99. The quantitative estimate of drug-likeness (QED) is 0.520. The van der Waals surface area contributed by atoms with Gasteiger partial charge in [0.15, 0.2) is 0 Å². The van der Waals surface area contributed by atoms with Crippen molar-refractivity contribution in [3.63, 3.8) is 0 Å². The minimum absolute atomic E-state index is 0.0203. The number of carbonyl (C=O) groups is 1. The van der Waals surface area contributed by atoms with Gasteiger partial charge in [0.25, 0.3) is 15.9 Å². The van der Waals surface area contributed by atoms with Crippen molar-refractivity contribution in [1.29, 1.82) is 0 Å². The molecule has 0 atom stereocenters. The Kier molecular flexibility index (Phi) is 4.58. The molecule has 0 unspecified atom stereocenters. The predicted octanol–water partition coefficient (Wildman–Crippen LogP) is 4.47. The number of para-hydroxylation sites is 1. The fourth-order valence-electron chi connectivity index (χ4n) is 3.48. The van der Waals surface area contributed by atoms with E-state index in [1.807, 2.05) is 35.9 Å². The topological polar surface area (TPSA) is 68.2 Å². The summed E-state index contributed by atoms with van der Waals surface area (Å²) < 4.78 is 68.3. The number of nitrogens with one attached hydrogen (secondary N) is 1. The molecule has 4 aromatic rings. The highest BCUT2D eigenvalue weighted by atomic mass is 32.2. The van der Waals surface area contributed by atoms with Gasteiger partial charge in [0, 0.05) is 34.4 Å². The van der Waals surface area contributed by atoms with Crippen LogP contribution in [0.1, 0.15) is 15.9 Å². The van der Waals surface area contributed by atoms with Gasteiger partial charge in [-0.2, -0.15) is 13.2 Å². The molecule has 5 nitrogen and oxygen atoms in total. The summed E-state index contributed by atoms with van der Waals surface area (Å²) in [5.74, 6) is -1.01. The summed E-state index contributed by atoms with van der Waals surface area (Å²) in [5.41, 5.74) is 0.441. The predicted molar refractivity (Wildman–Crippen MR) is 107 cm³/mol. The molecule has 3 aromatic carbocycles. The summed E-state index contributed by atoms with van der Waals surface area (Å²) >= 11 is 0. The lowest BCUT2D eigenvalue weighted by atomic mass is 10.1. The van der Waals surface area contributed by atoms with Crippen molar-refractivity contribution in [3.05, 3.63) is 77.9 Å². The zero-order valence-electron chi connectivity index (χ0n) is 15.6. The number of alkyl halides is 3. The first-order valence-corrected chi connectivity index (χ1v) is 10.3. The van der Waals surface area contributed by atoms with Crippen molar-refractivity contribution in [2.75, 3.05) is 0 Å². The number of halogens is 3. The normalized spacial score (nSPS) is 12.4. The van der Waals surface area contributed by atoms with Gasteiger partial charge in [0.05, 0.1) is 10.5 Å². The van der Waals surface area contributed by atoms with Crippen LogP contribution >= 0.6 is 0 Å². The lowest BCUT2D eigenvalue weighted by Gasteiger charge is -2.13. The average molecular weight is 432 g/mol. The number of aromatic nitrogens is 1. The number of hydrogen-bond acceptors (Lipinski definition) is 3. The molecule has 0 saturated heterocycles. The Bertz CT molecular complexity index is 1410. The van der Waals surface area contributed by atoms with E-state index < -0.39 is 32.6 Å². The van der Waals surface area contributed by atoms with E-state index in [9.17, 15) is 26.4 Å². The highest BCUT2D eigenvalue weighted by molar-refractivity contribution is 7.90. The third-order valence-electron chi connectivity index (χ3n) is 4.88. The van der Waals surface area contributed by atoms with Gasteiger partial charge in [-0.25, -0.2) is 13.1 Å².